The van der Waals surface area contributed by atoms with Gasteiger partial charge in [0, 0.05) is 22.5 Å². The molecule has 3 aromatic carbocycles. The number of para-hydroxylation sites is 1. The molecule has 28 heavy (non-hydrogen) atoms. The number of rotatable bonds is 4. The van der Waals surface area contributed by atoms with E-state index in [4.69, 9.17) is 4.74 Å². The van der Waals surface area contributed by atoms with Gasteiger partial charge in [0.2, 0.25) is 0 Å². The van der Waals surface area contributed by atoms with Gasteiger partial charge in [-0.25, -0.2) is 4.79 Å². The van der Waals surface area contributed by atoms with E-state index in [9.17, 15) is 4.79 Å². The van der Waals surface area contributed by atoms with Gasteiger partial charge in [-0.3, -0.25) is 0 Å². The summed E-state index contributed by atoms with van der Waals surface area (Å²) in [7, 11) is 0. The van der Waals surface area contributed by atoms with Crippen molar-refractivity contribution >= 4 is 39.4 Å². The lowest BCUT2D eigenvalue weighted by molar-refractivity contribution is 0.214. The molecular formula is C22H19BrN2O2S. The van der Waals surface area contributed by atoms with E-state index in [1.807, 2.05) is 83.8 Å². The second-order valence-corrected chi connectivity index (χ2v) is 8.45. The summed E-state index contributed by atoms with van der Waals surface area (Å²) in [6, 6.07) is 25.2. The number of amides is 2. The van der Waals surface area contributed by atoms with Gasteiger partial charge in [0.25, 0.3) is 0 Å². The highest BCUT2D eigenvalue weighted by molar-refractivity contribution is 9.10. The quantitative estimate of drug-likeness (QED) is 0.487. The number of hydrogen-bond donors (Lipinski definition) is 1. The molecule has 0 aliphatic carbocycles. The van der Waals surface area contributed by atoms with Crippen LogP contribution in [-0.4, -0.2) is 23.2 Å². The maximum Gasteiger partial charge on any atom is 0.323 e. The topological polar surface area (TPSA) is 41.6 Å². The molecule has 1 unspecified atom stereocenters. The number of anilines is 1. The standard InChI is InChI=1S/C22H19BrN2O2S/c23-17-7-5-8-18(15-17)24-22(26)25-12-13-28-21(25)16-6-4-11-20(14-16)27-19-9-2-1-3-10-19/h1-11,14-15,21H,12-13H2,(H,24,26). The molecule has 6 heteroatoms. The van der Waals surface area contributed by atoms with Crippen LogP contribution in [0, 0.1) is 0 Å². The third kappa shape index (κ3) is 4.51. The van der Waals surface area contributed by atoms with Crippen molar-refractivity contribution in [2.45, 2.75) is 5.37 Å². The minimum absolute atomic E-state index is 0.0357. The summed E-state index contributed by atoms with van der Waals surface area (Å²) in [5.41, 5.74) is 1.83. The van der Waals surface area contributed by atoms with Gasteiger partial charge in [-0.15, -0.1) is 11.8 Å². The number of halogens is 1. The highest BCUT2D eigenvalue weighted by atomic mass is 79.9. The zero-order chi connectivity index (χ0) is 19.3. The Bertz CT molecular complexity index is 968. The minimum Gasteiger partial charge on any atom is -0.457 e. The molecule has 0 spiro atoms. The maximum absolute atomic E-state index is 12.8. The van der Waals surface area contributed by atoms with Gasteiger partial charge in [0.05, 0.1) is 0 Å². The molecule has 1 saturated heterocycles. The van der Waals surface area contributed by atoms with Crippen LogP contribution in [0.2, 0.25) is 0 Å². The maximum atomic E-state index is 12.8. The third-order valence-electron chi connectivity index (χ3n) is 4.35. The van der Waals surface area contributed by atoms with E-state index in [1.165, 1.54) is 0 Å². The molecule has 1 fully saturated rings. The molecule has 0 aromatic heterocycles. The van der Waals surface area contributed by atoms with Gasteiger partial charge >= 0.3 is 6.03 Å². The number of ether oxygens (including phenoxy) is 1. The minimum atomic E-state index is -0.0949. The van der Waals surface area contributed by atoms with Crippen molar-refractivity contribution in [1.29, 1.82) is 0 Å². The van der Waals surface area contributed by atoms with E-state index < -0.39 is 0 Å². The average Bonchev–Trinajstić information content (AvgIpc) is 3.19. The monoisotopic (exact) mass is 454 g/mol. The number of thioether (sulfide) groups is 1. The van der Waals surface area contributed by atoms with Gasteiger partial charge in [0.15, 0.2) is 0 Å². The fraction of sp³-hybridized carbons (Fsp3) is 0.136. The average molecular weight is 455 g/mol. The lowest BCUT2D eigenvalue weighted by Gasteiger charge is -2.25. The predicted molar refractivity (Wildman–Crippen MR) is 118 cm³/mol. The molecule has 2 amide bonds. The molecule has 4 rings (SSSR count). The Morgan fingerprint density at radius 1 is 1.00 bits per heavy atom. The summed E-state index contributed by atoms with van der Waals surface area (Å²) >= 11 is 5.20. The number of carbonyl (C=O) groups excluding carboxylic acids is 1. The molecule has 142 valence electrons. The highest BCUT2D eigenvalue weighted by Crippen LogP contribution is 2.39. The SMILES string of the molecule is O=C(Nc1cccc(Br)c1)N1CCSC1c1cccc(Oc2ccccc2)c1. The zero-order valence-electron chi connectivity index (χ0n) is 15.0. The highest BCUT2D eigenvalue weighted by Gasteiger charge is 2.31. The lowest BCUT2D eigenvalue weighted by Crippen LogP contribution is -2.34. The van der Waals surface area contributed by atoms with Gasteiger partial charge < -0.3 is 15.0 Å². The van der Waals surface area contributed by atoms with Crippen molar-refractivity contribution in [1.82, 2.24) is 4.90 Å². The normalized spacial score (nSPS) is 16.0. The van der Waals surface area contributed by atoms with Crippen molar-refractivity contribution in [3.63, 3.8) is 0 Å². The third-order valence-corrected chi connectivity index (χ3v) is 6.10. The summed E-state index contributed by atoms with van der Waals surface area (Å²) in [4.78, 5) is 14.7. The van der Waals surface area contributed by atoms with E-state index in [1.54, 1.807) is 11.8 Å². The molecule has 3 aromatic rings. The second-order valence-electron chi connectivity index (χ2n) is 6.34. The second kappa shape index (κ2) is 8.71. The molecule has 1 atom stereocenters. The first kappa shape index (κ1) is 18.9. The predicted octanol–water partition coefficient (Wildman–Crippen LogP) is 6.52. The van der Waals surface area contributed by atoms with E-state index >= 15 is 0 Å². The van der Waals surface area contributed by atoms with Crippen LogP contribution in [0.5, 0.6) is 11.5 Å². The van der Waals surface area contributed by atoms with Gasteiger partial charge in [-0.05, 0) is 48.0 Å². The van der Waals surface area contributed by atoms with Crippen LogP contribution in [0.3, 0.4) is 0 Å². The fourth-order valence-electron chi connectivity index (χ4n) is 3.07. The zero-order valence-corrected chi connectivity index (χ0v) is 17.4. The van der Waals surface area contributed by atoms with Crippen LogP contribution >= 0.6 is 27.7 Å². The Hall–Kier alpha value is -2.44. The van der Waals surface area contributed by atoms with Crippen molar-refractivity contribution in [2.75, 3.05) is 17.6 Å². The smallest absolute Gasteiger partial charge is 0.323 e. The number of nitrogens with one attached hydrogen (secondary N) is 1. The first-order valence-electron chi connectivity index (χ1n) is 8.97. The van der Waals surface area contributed by atoms with Crippen LogP contribution in [0.25, 0.3) is 0 Å². The Labute approximate surface area is 177 Å². The summed E-state index contributed by atoms with van der Waals surface area (Å²) in [5, 5.41) is 2.96. The molecule has 0 bridgehead atoms. The van der Waals surface area contributed by atoms with E-state index in [0.717, 1.165) is 33.0 Å². The van der Waals surface area contributed by atoms with Crippen LogP contribution < -0.4 is 10.1 Å². The Morgan fingerprint density at radius 2 is 1.79 bits per heavy atom. The number of hydrogen-bond acceptors (Lipinski definition) is 3. The number of nitrogens with zero attached hydrogens (tertiary/aromatic N) is 1. The van der Waals surface area contributed by atoms with Crippen molar-refractivity contribution in [3.8, 4) is 11.5 Å². The molecule has 0 saturated carbocycles. The number of carbonyl (C=O) groups is 1. The Morgan fingerprint density at radius 3 is 2.61 bits per heavy atom. The summed E-state index contributed by atoms with van der Waals surface area (Å²) in [6.45, 7) is 0.707. The first-order chi connectivity index (χ1) is 13.7. The van der Waals surface area contributed by atoms with E-state index in [-0.39, 0.29) is 11.4 Å². The summed E-state index contributed by atoms with van der Waals surface area (Å²) < 4.78 is 6.88. The summed E-state index contributed by atoms with van der Waals surface area (Å²) in [6.07, 6.45) is 0. The van der Waals surface area contributed by atoms with E-state index in [2.05, 4.69) is 21.2 Å². The first-order valence-corrected chi connectivity index (χ1v) is 10.8. The number of urea groups is 1. The van der Waals surface area contributed by atoms with Crippen LogP contribution in [0.4, 0.5) is 10.5 Å². The molecular weight excluding hydrogens is 436 g/mol. The van der Waals surface area contributed by atoms with Crippen LogP contribution in [0.1, 0.15) is 10.9 Å². The van der Waals surface area contributed by atoms with Gasteiger partial charge in [0.1, 0.15) is 16.9 Å². The van der Waals surface area contributed by atoms with Crippen LogP contribution in [0.15, 0.2) is 83.3 Å². The molecule has 1 aliphatic rings. The lowest BCUT2D eigenvalue weighted by atomic mass is 10.2. The fourth-order valence-corrected chi connectivity index (χ4v) is 4.72. The van der Waals surface area contributed by atoms with E-state index in [0.29, 0.717) is 6.54 Å². The van der Waals surface area contributed by atoms with Crippen LogP contribution in [-0.2, 0) is 0 Å². The molecule has 1 heterocycles. The van der Waals surface area contributed by atoms with Gasteiger partial charge in [-0.2, -0.15) is 0 Å². The number of benzene rings is 3. The Kier molecular flexibility index (Phi) is 5.88. The molecule has 1 aliphatic heterocycles. The van der Waals surface area contributed by atoms with Crippen molar-refractivity contribution < 1.29 is 9.53 Å². The molecule has 4 nitrogen and oxygen atoms in total. The molecule has 0 radical (unpaired) electrons. The Balaban J connectivity index is 1.50. The van der Waals surface area contributed by atoms with Crippen molar-refractivity contribution in [3.05, 3.63) is 88.9 Å². The molecule has 1 N–H and O–H groups in total. The summed E-state index contributed by atoms with van der Waals surface area (Å²) in [5.74, 6) is 2.46. The van der Waals surface area contributed by atoms with Crippen molar-refractivity contribution in [2.24, 2.45) is 0 Å². The van der Waals surface area contributed by atoms with Gasteiger partial charge in [-0.1, -0.05) is 52.3 Å². The largest absolute Gasteiger partial charge is 0.457 e.